The van der Waals surface area contributed by atoms with Crippen molar-refractivity contribution in [1.29, 1.82) is 0 Å². The monoisotopic (exact) mass is 291 g/mol. The van der Waals surface area contributed by atoms with Crippen LogP contribution in [-0.2, 0) is 6.54 Å². The fourth-order valence-electron chi connectivity index (χ4n) is 1.65. The van der Waals surface area contributed by atoms with Gasteiger partial charge in [-0.1, -0.05) is 6.07 Å². The van der Waals surface area contributed by atoms with E-state index in [9.17, 15) is 4.79 Å². The highest BCUT2D eigenvalue weighted by Gasteiger charge is 2.19. The van der Waals surface area contributed by atoms with Crippen LogP contribution in [0.2, 0.25) is 0 Å². The van der Waals surface area contributed by atoms with Crippen molar-refractivity contribution in [2.24, 2.45) is 0 Å². The Labute approximate surface area is 121 Å². The molecule has 2 rings (SSSR count). The van der Waals surface area contributed by atoms with Gasteiger partial charge in [-0.2, -0.15) is 4.37 Å². The number of nitrogens with zero attached hydrogens (tertiary/aromatic N) is 2. The molecule has 0 saturated heterocycles. The number of nitrogens with two attached hydrogens (primary N) is 1. The zero-order valence-electron chi connectivity index (χ0n) is 11.4. The predicted molar refractivity (Wildman–Crippen MR) is 80.7 cm³/mol. The van der Waals surface area contributed by atoms with Crippen molar-refractivity contribution in [2.45, 2.75) is 26.4 Å². The Morgan fingerprint density at radius 3 is 2.90 bits per heavy atom. The molecule has 0 aliphatic heterocycles. The lowest BCUT2D eigenvalue weighted by atomic mass is 10.2. The standard InChI is InChI=1S/C13H17N5OS/c1-8(2)17-12(19)10-11(14)18-20-13(10)16-7-9-5-3-4-6-15-9/h3-6,8,16H,7H2,1-2H3,(H2,14,18)(H,17,19). The minimum absolute atomic E-state index is 0.0467. The zero-order valence-corrected chi connectivity index (χ0v) is 12.2. The van der Waals surface area contributed by atoms with Crippen molar-refractivity contribution < 1.29 is 4.79 Å². The highest BCUT2D eigenvalue weighted by atomic mass is 32.1. The predicted octanol–water partition coefficient (Wildman–Crippen LogP) is 1.87. The molecule has 20 heavy (non-hydrogen) atoms. The van der Waals surface area contributed by atoms with Crippen LogP contribution in [0.5, 0.6) is 0 Å². The molecule has 2 aromatic heterocycles. The van der Waals surface area contributed by atoms with E-state index in [0.717, 1.165) is 5.69 Å². The van der Waals surface area contributed by atoms with Crippen LogP contribution in [0, 0.1) is 0 Å². The van der Waals surface area contributed by atoms with E-state index in [0.29, 0.717) is 17.1 Å². The number of aromatic nitrogens is 2. The fourth-order valence-corrected chi connectivity index (χ4v) is 2.36. The zero-order chi connectivity index (χ0) is 14.5. The highest BCUT2D eigenvalue weighted by Crippen LogP contribution is 2.27. The van der Waals surface area contributed by atoms with E-state index >= 15 is 0 Å². The summed E-state index contributed by atoms with van der Waals surface area (Å²) in [5.74, 6) is 0.0337. The number of nitrogens with one attached hydrogen (secondary N) is 2. The lowest BCUT2D eigenvalue weighted by Crippen LogP contribution is -2.30. The summed E-state index contributed by atoms with van der Waals surface area (Å²) in [5.41, 5.74) is 7.06. The van der Waals surface area contributed by atoms with E-state index in [2.05, 4.69) is 20.0 Å². The van der Waals surface area contributed by atoms with Crippen molar-refractivity contribution >= 4 is 28.3 Å². The van der Waals surface area contributed by atoms with E-state index in [1.165, 1.54) is 11.5 Å². The molecule has 0 unspecified atom stereocenters. The largest absolute Gasteiger partial charge is 0.382 e. The third kappa shape index (κ3) is 3.45. The molecule has 0 radical (unpaired) electrons. The van der Waals surface area contributed by atoms with Gasteiger partial charge in [0.2, 0.25) is 0 Å². The van der Waals surface area contributed by atoms with Gasteiger partial charge in [-0.25, -0.2) is 0 Å². The topological polar surface area (TPSA) is 92.9 Å². The van der Waals surface area contributed by atoms with E-state index in [4.69, 9.17) is 5.73 Å². The van der Waals surface area contributed by atoms with Crippen LogP contribution in [0.25, 0.3) is 0 Å². The molecule has 6 nitrogen and oxygen atoms in total. The number of amides is 1. The Hall–Kier alpha value is -2.15. The van der Waals surface area contributed by atoms with Gasteiger partial charge in [-0.15, -0.1) is 0 Å². The summed E-state index contributed by atoms with van der Waals surface area (Å²) in [5, 5.41) is 6.63. The van der Waals surface area contributed by atoms with Crippen molar-refractivity contribution in [3.63, 3.8) is 0 Å². The number of anilines is 2. The summed E-state index contributed by atoms with van der Waals surface area (Å²) in [6.07, 6.45) is 1.73. The third-order valence-electron chi connectivity index (χ3n) is 2.52. The molecule has 7 heteroatoms. The van der Waals surface area contributed by atoms with Crippen molar-refractivity contribution in [1.82, 2.24) is 14.7 Å². The lowest BCUT2D eigenvalue weighted by Gasteiger charge is -2.10. The van der Waals surface area contributed by atoms with Crippen LogP contribution >= 0.6 is 11.5 Å². The summed E-state index contributed by atoms with van der Waals surface area (Å²) in [4.78, 5) is 16.3. The average Bonchev–Trinajstić information content (AvgIpc) is 2.78. The number of rotatable bonds is 5. The van der Waals surface area contributed by atoms with Gasteiger partial charge in [0, 0.05) is 12.2 Å². The molecular weight excluding hydrogens is 274 g/mol. The van der Waals surface area contributed by atoms with E-state index in [-0.39, 0.29) is 17.8 Å². The summed E-state index contributed by atoms with van der Waals surface area (Å²) >= 11 is 1.18. The van der Waals surface area contributed by atoms with Crippen LogP contribution in [0.15, 0.2) is 24.4 Å². The van der Waals surface area contributed by atoms with Gasteiger partial charge in [0.25, 0.3) is 5.91 Å². The average molecular weight is 291 g/mol. The first-order valence-electron chi connectivity index (χ1n) is 6.27. The number of hydrogen-bond donors (Lipinski definition) is 3. The highest BCUT2D eigenvalue weighted by molar-refractivity contribution is 7.11. The second kappa shape index (κ2) is 6.33. The molecule has 106 valence electrons. The van der Waals surface area contributed by atoms with Gasteiger partial charge in [-0.05, 0) is 37.5 Å². The quantitative estimate of drug-likeness (QED) is 0.782. The second-order valence-electron chi connectivity index (χ2n) is 4.57. The van der Waals surface area contributed by atoms with Crippen LogP contribution < -0.4 is 16.4 Å². The second-order valence-corrected chi connectivity index (χ2v) is 5.35. The van der Waals surface area contributed by atoms with E-state index in [1.54, 1.807) is 6.20 Å². The number of carbonyl (C=O) groups is 1. The molecule has 0 spiro atoms. The van der Waals surface area contributed by atoms with Crippen molar-refractivity contribution in [3.8, 4) is 0 Å². The SMILES string of the molecule is CC(C)NC(=O)c1c(N)nsc1NCc1ccccn1. The summed E-state index contributed by atoms with van der Waals surface area (Å²) in [6, 6.07) is 5.73. The van der Waals surface area contributed by atoms with Crippen LogP contribution in [0.3, 0.4) is 0 Å². The fraction of sp³-hybridized carbons (Fsp3) is 0.308. The summed E-state index contributed by atoms with van der Waals surface area (Å²) in [7, 11) is 0. The Morgan fingerprint density at radius 1 is 1.45 bits per heavy atom. The van der Waals surface area contributed by atoms with Gasteiger partial charge < -0.3 is 16.4 Å². The molecule has 0 fully saturated rings. The molecule has 0 aliphatic carbocycles. The minimum Gasteiger partial charge on any atom is -0.382 e. The maximum atomic E-state index is 12.1. The molecule has 0 saturated carbocycles. The molecule has 0 atom stereocenters. The first-order chi connectivity index (χ1) is 9.58. The number of carbonyl (C=O) groups excluding carboxylic acids is 1. The summed E-state index contributed by atoms with van der Waals surface area (Å²) in [6.45, 7) is 4.31. The van der Waals surface area contributed by atoms with Crippen LogP contribution in [0.1, 0.15) is 29.9 Å². The van der Waals surface area contributed by atoms with Gasteiger partial charge in [-0.3, -0.25) is 9.78 Å². The molecular formula is C13H17N5OS. The Morgan fingerprint density at radius 2 is 2.25 bits per heavy atom. The van der Waals surface area contributed by atoms with Gasteiger partial charge in [0.15, 0.2) is 5.82 Å². The van der Waals surface area contributed by atoms with Gasteiger partial charge in [0.1, 0.15) is 10.6 Å². The van der Waals surface area contributed by atoms with Crippen molar-refractivity contribution in [2.75, 3.05) is 11.1 Å². The maximum Gasteiger partial charge on any atom is 0.258 e. The molecule has 4 N–H and O–H groups in total. The molecule has 0 aromatic carbocycles. The van der Waals surface area contributed by atoms with Gasteiger partial charge >= 0.3 is 0 Å². The van der Waals surface area contributed by atoms with Crippen LogP contribution in [-0.4, -0.2) is 21.3 Å². The molecule has 0 bridgehead atoms. The Kier molecular flexibility index (Phi) is 4.52. The van der Waals surface area contributed by atoms with E-state index in [1.807, 2.05) is 32.0 Å². The van der Waals surface area contributed by atoms with E-state index < -0.39 is 0 Å². The number of nitrogen functional groups attached to an aromatic ring is 1. The molecule has 2 aromatic rings. The Balaban J connectivity index is 2.11. The van der Waals surface area contributed by atoms with Gasteiger partial charge in [0.05, 0.1) is 12.2 Å². The summed E-state index contributed by atoms with van der Waals surface area (Å²) < 4.78 is 4.03. The third-order valence-corrected chi connectivity index (χ3v) is 3.34. The minimum atomic E-state index is -0.213. The lowest BCUT2D eigenvalue weighted by molar-refractivity contribution is 0.0945. The molecule has 2 heterocycles. The Bertz CT molecular complexity index is 582. The molecule has 1 amide bonds. The smallest absolute Gasteiger partial charge is 0.258 e. The van der Waals surface area contributed by atoms with Crippen molar-refractivity contribution in [3.05, 3.63) is 35.7 Å². The number of hydrogen-bond acceptors (Lipinski definition) is 6. The normalized spacial score (nSPS) is 10.6. The number of pyridine rings is 1. The van der Waals surface area contributed by atoms with Crippen LogP contribution in [0.4, 0.5) is 10.8 Å². The first kappa shape index (κ1) is 14.3. The maximum absolute atomic E-state index is 12.1. The molecule has 0 aliphatic rings. The first-order valence-corrected chi connectivity index (χ1v) is 7.05.